The van der Waals surface area contributed by atoms with Gasteiger partial charge in [0.1, 0.15) is 11.6 Å². The number of allylic oxidation sites excluding steroid dienone is 3. The summed E-state index contributed by atoms with van der Waals surface area (Å²) >= 11 is 0. The van der Waals surface area contributed by atoms with Gasteiger partial charge in [-0.3, -0.25) is 9.59 Å². The second-order valence-corrected chi connectivity index (χ2v) is 8.55. The Hall–Kier alpha value is -4.85. The number of aliphatic hydroxyl groups excluding tert-OH is 2. The van der Waals surface area contributed by atoms with Crippen molar-refractivity contribution in [1.29, 1.82) is 0 Å². The Morgan fingerprint density at radius 1 is 1.08 bits per heavy atom. The topological polar surface area (TPSA) is 128 Å². The second kappa shape index (κ2) is 10.8. The molecule has 0 bridgehead atoms. The normalized spacial score (nSPS) is 12.4. The first-order valence-electron chi connectivity index (χ1n) is 11.6. The minimum atomic E-state index is -0.430. The molecule has 0 unspecified atom stereocenters. The molecule has 4 N–H and O–H groups in total. The number of rotatable bonds is 8. The molecule has 37 heavy (non-hydrogen) atoms. The van der Waals surface area contributed by atoms with Crippen LogP contribution < -0.4 is 5.32 Å². The van der Waals surface area contributed by atoms with Crippen LogP contribution in [0.5, 0.6) is 0 Å². The van der Waals surface area contributed by atoms with Gasteiger partial charge in [-0.05, 0) is 56.7 Å². The van der Waals surface area contributed by atoms with Crippen molar-refractivity contribution in [3.8, 4) is 11.4 Å². The number of aryl methyl sites for hydroxylation is 1. The molecule has 2 heterocycles. The molecule has 0 saturated carbocycles. The molecular formula is C29H27N3O5. The van der Waals surface area contributed by atoms with Crippen LogP contribution in [0.3, 0.4) is 0 Å². The number of carbonyl (C=O) groups excluding carboxylic acids is 2. The smallest absolute Gasteiger partial charge is 0.287 e. The Balaban J connectivity index is 1.59. The van der Waals surface area contributed by atoms with E-state index in [2.05, 4.69) is 15.3 Å². The lowest BCUT2D eigenvalue weighted by Gasteiger charge is -2.05. The number of hydrogen-bond acceptors (Lipinski definition) is 6. The first-order chi connectivity index (χ1) is 17.8. The number of benzene rings is 2. The van der Waals surface area contributed by atoms with E-state index in [1.807, 2.05) is 18.2 Å². The van der Waals surface area contributed by atoms with Crippen LogP contribution in [0.25, 0.3) is 22.4 Å². The maximum atomic E-state index is 12.9. The molecule has 8 heteroatoms. The summed E-state index contributed by atoms with van der Waals surface area (Å²) in [6.07, 6.45) is 5.32. The number of carbonyl (C=O) groups is 2. The molecule has 4 rings (SSSR count). The predicted octanol–water partition coefficient (Wildman–Crippen LogP) is 5.86. The molecule has 188 valence electrons. The monoisotopic (exact) mass is 497 g/mol. The highest BCUT2D eigenvalue weighted by Gasteiger charge is 2.23. The van der Waals surface area contributed by atoms with Crippen LogP contribution >= 0.6 is 0 Å². The number of nitrogens with zero attached hydrogens (tertiary/aromatic N) is 1. The number of nitrogens with one attached hydrogen (secondary N) is 2. The van der Waals surface area contributed by atoms with Gasteiger partial charge in [-0.2, -0.15) is 0 Å². The van der Waals surface area contributed by atoms with Crippen molar-refractivity contribution in [2.24, 2.45) is 0 Å². The summed E-state index contributed by atoms with van der Waals surface area (Å²) in [7, 11) is 0. The summed E-state index contributed by atoms with van der Waals surface area (Å²) in [6.45, 7) is 5.16. The lowest BCUT2D eigenvalue weighted by atomic mass is 10.0. The van der Waals surface area contributed by atoms with E-state index in [9.17, 15) is 14.7 Å². The van der Waals surface area contributed by atoms with E-state index < -0.39 is 5.91 Å². The van der Waals surface area contributed by atoms with Crippen LogP contribution in [-0.2, 0) is 0 Å². The zero-order valence-electron chi connectivity index (χ0n) is 20.7. The Morgan fingerprint density at radius 3 is 2.54 bits per heavy atom. The van der Waals surface area contributed by atoms with Crippen molar-refractivity contribution in [3.63, 3.8) is 0 Å². The number of ketones is 1. The molecule has 4 aromatic rings. The molecule has 2 aromatic heterocycles. The van der Waals surface area contributed by atoms with Gasteiger partial charge in [0.25, 0.3) is 5.91 Å². The van der Waals surface area contributed by atoms with Crippen molar-refractivity contribution in [1.82, 2.24) is 15.3 Å². The van der Waals surface area contributed by atoms with E-state index in [1.165, 1.54) is 19.1 Å². The zero-order chi connectivity index (χ0) is 26.5. The van der Waals surface area contributed by atoms with Gasteiger partial charge >= 0.3 is 0 Å². The van der Waals surface area contributed by atoms with E-state index in [1.54, 1.807) is 50.3 Å². The van der Waals surface area contributed by atoms with E-state index in [0.29, 0.717) is 50.4 Å². The lowest BCUT2D eigenvalue weighted by Crippen LogP contribution is -2.25. The average Bonchev–Trinajstić information content (AvgIpc) is 3.44. The molecule has 0 aliphatic heterocycles. The Bertz CT molecular complexity index is 1550. The minimum Gasteiger partial charge on any atom is -0.516 e. The first-order valence-corrected chi connectivity index (χ1v) is 11.6. The van der Waals surface area contributed by atoms with Gasteiger partial charge in [-0.15, -0.1) is 0 Å². The number of aromatic nitrogens is 2. The molecule has 0 aliphatic carbocycles. The van der Waals surface area contributed by atoms with Gasteiger partial charge in [-0.1, -0.05) is 36.4 Å². The third-order valence-electron chi connectivity index (χ3n) is 5.83. The van der Waals surface area contributed by atoms with Crippen LogP contribution in [0, 0.1) is 13.8 Å². The van der Waals surface area contributed by atoms with E-state index in [4.69, 9.17) is 9.52 Å². The molecule has 1 amide bonds. The third kappa shape index (κ3) is 5.54. The maximum absolute atomic E-state index is 12.9. The summed E-state index contributed by atoms with van der Waals surface area (Å²) in [5, 5.41) is 21.2. The van der Waals surface area contributed by atoms with E-state index >= 15 is 0 Å². The fourth-order valence-electron chi connectivity index (χ4n) is 4.00. The van der Waals surface area contributed by atoms with Gasteiger partial charge < -0.3 is 24.9 Å². The molecule has 0 saturated heterocycles. The number of aliphatic hydroxyl groups is 2. The van der Waals surface area contributed by atoms with Crippen LogP contribution in [0.1, 0.15) is 44.7 Å². The van der Waals surface area contributed by atoms with Gasteiger partial charge in [-0.25, -0.2) is 4.98 Å². The Morgan fingerprint density at radius 2 is 1.84 bits per heavy atom. The zero-order valence-corrected chi connectivity index (χ0v) is 20.7. The highest BCUT2D eigenvalue weighted by molar-refractivity contribution is 6.10. The summed E-state index contributed by atoms with van der Waals surface area (Å²) < 4.78 is 5.80. The average molecular weight is 498 g/mol. The quantitative estimate of drug-likeness (QED) is 0.137. The number of imidazole rings is 1. The highest BCUT2D eigenvalue weighted by atomic mass is 16.4. The molecule has 0 aliphatic rings. The number of amides is 1. The molecule has 8 nitrogen and oxygen atoms in total. The summed E-state index contributed by atoms with van der Waals surface area (Å²) in [6, 6.07) is 14.4. The third-order valence-corrected chi connectivity index (χ3v) is 5.83. The first kappa shape index (κ1) is 25.2. The number of aromatic amines is 1. The predicted molar refractivity (Wildman–Crippen MR) is 142 cm³/mol. The van der Waals surface area contributed by atoms with Crippen molar-refractivity contribution in [2.45, 2.75) is 20.8 Å². The molecular weight excluding hydrogens is 470 g/mol. The van der Waals surface area contributed by atoms with Crippen molar-refractivity contribution < 1.29 is 24.2 Å². The van der Waals surface area contributed by atoms with Crippen LogP contribution in [0.4, 0.5) is 0 Å². The fraction of sp³-hybridized carbons (Fsp3) is 0.138. The largest absolute Gasteiger partial charge is 0.516 e. The summed E-state index contributed by atoms with van der Waals surface area (Å²) in [4.78, 5) is 33.6. The molecule has 2 aromatic carbocycles. The second-order valence-electron chi connectivity index (χ2n) is 8.55. The Kier molecular flexibility index (Phi) is 7.39. The minimum absolute atomic E-state index is 0.0811. The molecule has 0 spiro atoms. The molecule has 0 fully saturated rings. The molecule has 0 atom stereocenters. The van der Waals surface area contributed by atoms with Crippen LogP contribution in [-0.4, -0.2) is 38.4 Å². The number of fused-ring (bicyclic) bond motifs is 1. The van der Waals surface area contributed by atoms with Gasteiger partial charge in [0.2, 0.25) is 0 Å². The van der Waals surface area contributed by atoms with Crippen molar-refractivity contribution in [3.05, 3.63) is 113 Å². The maximum Gasteiger partial charge on any atom is 0.287 e. The van der Waals surface area contributed by atoms with E-state index in [-0.39, 0.29) is 23.8 Å². The van der Waals surface area contributed by atoms with Gasteiger partial charge in [0.05, 0.1) is 28.6 Å². The number of H-pyrrole nitrogens is 1. The lowest BCUT2D eigenvalue weighted by molar-refractivity contribution is 0.0927. The fourth-order valence-corrected chi connectivity index (χ4v) is 4.00. The SMILES string of the molecule is C\C(O)=C/C=C(\C=C\O)CNC(=O)c1oc(C)c(-c2nc3ccc(C(=O)c4ccccc4)cc3[nH]2)c1C. The number of hydrogen-bond donors (Lipinski definition) is 4. The number of furan rings is 1. The van der Waals surface area contributed by atoms with Crippen molar-refractivity contribution in [2.75, 3.05) is 6.54 Å². The van der Waals surface area contributed by atoms with Gasteiger partial charge in [0, 0.05) is 23.2 Å². The van der Waals surface area contributed by atoms with Crippen LogP contribution in [0.15, 0.2) is 88.8 Å². The summed E-state index contributed by atoms with van der Waals surface area (Å²) in [5.41, 5.74) is 4.38. The Labute approximate surface area is 213 Å². The van der Waals surface area contributed by atoms with Gasteiger partial charge in [0.15, 0.2) is 11.5 Å². The molecule has 0 radical (unpaired) electrons. The standard InChI is InChI=1S/C29H27N3O5/c1-17(34)9-10-20(13-14-33)16-30-29(36)27-18(2)25(19(3)37-27)28-31-23-12-11-22(15-24(23)32-28)26(35)21-7-5-4-6-8-21/h4-15,33-34H,16H2,1-3H3,(H,30,36)(H,31,32)/b14-13+,17-9+,20-10+. The van der Waals surface area contributed by atoms with Crippen molar-refractivity contribution >= 4 is 22.7 Å². The van der Waals surface area contributed by atoms with Crippen LogP contribution in [0.2, 0.25) is 0 Å². The van der Waals surface area contributed by atoms with E-state index in [0.717, 1.165) is 6.26 Å². The summed E-state index contributed by atoms with van der Waals surface area (Å²) in [5.74, 6) is 0.786. The highest BCUT2D eigenvalue weighted by Crippen LogP contribution is 2.32.